The summed E-state index contributed by atoms with van der Waals surface area (Å²) in [7, 11) is 0. The first-order valence-corrected chi connectivity index (χ1v) is 6.32. The maximum atomic E-state index is 9.71. The predicted octanol–water partition coefficient (Wildman–Crippen LogP) is 0.900. The third kappa shape index (κ3) is 5.37. The Morgan fingerprint density at radius 3 is 2.59 bits per heavy atom. The van der Waals surface area contributed by atoms with E-state index >= 15 is 0 Å². The Morgan fingerprint density at radius 2 is 2.12 bits per heavy atom. The van der Waals surface area contributed by atoms with E-state index in [9.17, 15) is 5.11 Å². The van der Waals surface area contributed by atoms with Gasteiger partial charge in [0.1, 0.15) is 5.84 Å². The van der Waals surface area contributed by atoms with Gasteiger partial charge in [0.05, 0.1) is 6.10 Å². The molecular weight excluding hydrogens is 218 g/mol. The van der Waals surface area contributed by atoms with Crippen molar-refractivity contribution in [2.24, 2.45) is 22.2 Å². The molecule has 0 aromatic rings. The van der Waals surface area contributed by atoms with Crippen LogP contribution in [-0.2, 0) is 0 Å². The van der Waals surface area contributed by atoms with Gasteiger partial charge in [0, 0.05) is 19.5 Å². The molecule has 5 heteroatoms. The normalized spacial score (nSPS) is 20.6. The summed E-state index contributed by atoms with van der Waals surface area (Å²) in [5.74, 6) is 0.811. The molecule has 1 unspecified atom stereocenters. The molecule has 0 saturated heterocycles. The van der Waals surface area contributed by atoms with Crippen molar-refractivity contribution in [1.82, 2.24) is 5.32 Å². The van der Waals surface area contributed by atoms with E-state index in [2.05, 4.69) is 24.3 Å². The fraction of sp³-hybridized carbons (Fsp3) is 0.917. The van der Waals surface area contributed by atoms with Crippen LogP contribution in [-0.4, -0.2) is 35.3 Å². The molecule has 0 aromatic heterocycles. The van der Waals surface area contributed by atoms with Crippen molar-refractivity contribution >= 4 is 5.84 Å². The number of aliphatic hydroxyl groups is 1. The van der Waals surface area contributed by atoms with Crippen molar-refractivity contribution in [1.29, 1.82) is 0 Å². The molecule has 0 aromatic carbocycles. The Hall–Kier alpha value is -0.810. The first kappa shape index (κ1) is 14.3. The number of nitrogens with two attached hydrogens (primary N) is 1. The molecule has 1 atom stereocenters. The zero-order valence-electron chi connectivity index (χ0n) is 10.8. The van der Waals surface area contributed by atoms with Crippen LogP contribution >= 0.6 is 0 Å². The lowest BCUT2D eigenvalue weighted by atomic mass is 10.0. The van der Waals surface area contributed by atoms with E-state index in [0.717, 1.165) is 25.8 Å². The lowest BCUT2D eigenvalue weighted by Gasteiger charge is -2.18. The highest BCUT2D eigenvalue weighted by Gasteiger charge is 2.42. The number of nitrogens with zero attached hydrogens (tertiary/aromatic N) is 1. The molecule has 1 aliphatic rings. The van der Waals surface area contributed by atoms with Crippen molar-refractivity contribution in [2.45, 2.75) is 45.6 Å². The Bertz CT molecular complexity index is 262. The number of aliphatic hydroxyl groups excluding tert-OH is 1. The van der Waals surface area contributed by atoms with Crippen LogP contribution in [0, 0.1) is 11.3 Å². The molecule has 1 saturated carbocycles. The standard InChI is InChI=1S/C12H25N3O2/c1-9(2)5-10(16)7-14-8-12(3-4-12)6-11(13)15-17/h9-10,14,16-17H,3-8H2,1-2H3,(H2,13,15). The summed E-state index contributed by atoms with van der Waals surface area (Å²) >= 11 is 0. The smallest absolute Gasteiger partial charge is 0.139 e. The second-order valence-corrected chi connectivity index (χ2v) is 5.68. The SMILES string of the molecule is CC(C)CC(O)CNCC1(CC(N)=NO)CC1. The molecule has 0 bridgehead atoms. The molecule has 0 heterocycles. The zero-order valence-corrected chi connectivity index (χ0v) is 10.8. The Kier molecular flexibility index (Phi) is 5.21. The number of hydrogen-bond acceptors (Lipinski definition) is 4. The quantitative estimate of drug-likeness (QED) is 0.221. The van der Waals surface area contributed by atoms with Crippen molar-refractivity contribution in [2.75, 3.05) is 13.1 Å². The van der Waals surface area contributed by atoms with Crippen LogP contribution in [0.1, 0.15) is 39.5 Å². The molecule has 17 heavy (non-hydrogen) atoms. The summed E-state index contributed by atoms with van der Waals surface area (Å²) in [5.41, 5.74) is 5.68. The van der Waals surface area contributed by atoms with Crippen molar-refractivity contribution in [3.05, 3.63) is 0 Å². The number of nitrogens with one attached hydrogen (secondary N) is 1. The lowest BCUT2D eigenvalue weighted by molar-refractivity contribution is 0.144. The van der Waals surface area contributed by atoms with Gasteiger partial charge in [-0.2, -0.15) is 0 Å². The molecule has 1 aliphatic carbocycles. The van der Waals surface area contributed by atoms with Crippen molar-refractivity contribution in [3.63, 3.8) is 0 Å². The summed E-state index contributed by atoms with van der Waals surface area (Å²) in [6.45, 7) is 5.66. The minimum Gasteiger partial charge on any atom is -0.409 e. The first-order chi connectivity index (χ1) is 7.97. The lowest BCUT2D eigenvalue weighted by Crippen LogP contribution is -2.34. The summed E-state index contributed by atoms with van der Waals surface area (Å²) in [6, 6.07) is 0. The van der Waals surface area contributed by atoms with Gasteiger partial charge in [-0.1, -0.05) is 19.0 Å². The molecule has 1 fully saturated rings. The van der Waals surface area contributed by atoms with Gasteiger partial charge in [-0.05, 0) is 30.6 Å². The highest BCUT2D eigenvalue weighted by atomic mass is 16.4. The second-order valence-electron chi connectivity index (χ2n) is 5.68. The van der Waals surface area contributed by atoms with Crippen LogP contribution in [0.5, 0.6) is 0 Å². The number of rotatable bonds is 8. The summed E-state index contributed by atoms with van der Waals surface area (Å²) < 4.78 is 0. The van der Waals surface area contributed by atoms with Gasteiger partial charge < -0.3 is 21.4 Å². The van der Waals surface area contributed by atoms with Gasteiger partial charge in [-0.15, -0.1) is 0 Å². The molecule has 5 N–H and O–H groups in total. The highest BCUT2D eigenvalue weighted by molar-refractivity contribution is 5.80. The molecule has 100 valence electrons. The molecule has 5 nitrogen and oxygen atoms in total. The van der Waals surface area contributed by atoms with Crippen LogP contribution in [0.4, 0.5) is 0 Å². The third-order valence-corrected chi connectivity index (χ3v) is 3.27. The summed E-state index contributed by atoms with van der Waals surface area (Å²) in [4.78, 5) is 0. The van der Waals surface area contributed by atoms with Gasteiger partial charge in [0.2, 0.25) is 0 Å². The molecule has 0 spiro atoms. The maximum Gasteiger partial charge on any atom is 0.139 e. The summed E-state index contributed by atoms with van der Waals surface area (Å²) in [5, 5.41) is 24.5. The van der Waals surface area contributed by atoms with E-state index in [4.69, 9.17) is 10.9 Å². The Morgan fingerprint density at radius 1 is 1.47 bits per heavy atom. The maximum absolute atomic E-state index is 9.71. The van der Waals surface area contributed by atoms with E-state index < -0.39 is 0 Å². The Balaban J connectivity index is 2.18. The fourth-order valence-electron chi connectivity index (χ4n) is 2.14. The van der Waals surface area contributed by atoms with Crippen molar-refractivity contribution < 1.29 is 10.3 Å². The third-order valence-electron chi connectivity index (χ3n) is 3.27. The molecule has 0 radical (unpaired) electrons. The number of amidine groups is 1. The fourth-order valence-corrected chi connectivity index (χ4v) is 2.14. The van der Waals surface area contributed by atoms with Crippen LogP contribution in [0.15, 0.2) is 5.16 Å². The van der Waals surface area contributed by atoms with Gasteiger partial charge in [-0.3, -0.25) is 0 Å². The minimum atomic E-state index is -0.283. The first-order valence-electron chi connectivity index (χ1n) is 6.32. The van der Waals surface area contributed by atoms with Crippen molar-refractivity contribution in [3.8, 4) is 0 Å². The van der Waals surface area contributed by atoms with Crippen LogP contribution in [0.25, 0.3) is 0 Å². The van der Waals surface area contributed by atoms with E-state index in [1.54, 1.807) is 0 Å². The van der Waals surface area contributed by atoms with Gasteiger partial charge in [-0.25, -0.2) is 0 Å². The zero-order chi connectivity index (χ0) is 12.9. The predicted molar refractivity (Wildman–Crippen MR) is 68.0 cm³/mol. The largest absolute Gasteiger partial charge is 0.409 e. The molecule has 0 amide bonds. The van der Waals surface area contributed by atoms with E-state index in [1.165, 1.54) is 0 Å². The topological polar surface area (TPSA) is 90.9 Å². The number of hydrogen-bond donors (Lipinski definition) is 4. The van der Waals surface area contributed by atoms with E-state index in [0.29, 0.717) is 24.7 Å². The van der Waals surface area contributed by atoms with Gasteiger partial charge in [0.15, 0.2) is 0 Å². The minimum absolute atomic E-state index is 0.161. The van der Waals surface area contributed by atoms with Crippen LogP contribution in [0.3, 0.4) is 0 Å². The number of oxime groups is 1. The highest BCUT2D eigenvalue weighted by Crippen LogP contribution is 2.48. The van der Waals surface area contributed by atoms with Crippen LogP contribution < -0.4 is 11.1 Å². The van der Waals surface area contributed by atoms with Gasteiger partial charge >= 0.3 is 0 Å². The molecule has 0 aliphatic heterocycles. The Labute approximate surface area is 103 Å². The van der Waals surface area contributed by atoms with Gasteiger partial charge in [0.25, 0.3) is 0 Å². The monoisotopic (exact) mass is 243 g/mol. The van der Waals surface area contributed by atoms with E-state index in [-0.39, 0.29) is 11.5 Å². The van der Waals surface area contributed by atoms with Crippen LogP contribution in [0.2, 0.25) is 0 Å². The van der Waals surface area contributed by atoms with E-state index in [1.807, 2.05) is 0 Å². The molecule has 1 rings (SSSR count). The summed E-state index contributed by atoms with van der Waals surface area (Å²) in [6.07, 6.45) is 3.39. The second kappa shape index (κ2) is 6.21. The average molecular weight is 243 g/mol. The molecular formula is C12H25N3O2. The average Bonchev–Trinajstić information content (AvgIpc) is 2.96.